The Morgan fingerprint density at radius 3 is 0.958 bits per heavy atom. The fourth-order valence-corrected chi connectivity index (χ4v) is 7.12. The standard InChI is InChI=1S/C42H38B6/c1-2-3-4-25-36(48)42-40(29-18-8-13-23-34(29)46)38(27-16-6-11-21-32(27)44)37(26-15-5-10-20-31(26)43)39(28-17-7-12-22-33(28)45)41(42)30-19-9-14-24-35(30)47/h2-25H,1,43-48H2/b4-3-,36-25-. The van der Waals surface area contributed by atoms with Gasteiger partial charge >= 0.3 is 0 Å². The van der Waals surface area contributed by atoms with Crippen LogP contribution in [-0.2, 0) is 0 Å². The summed E-state index contributed by atoms with van der Waals surface area (Å²) in [6.45, 7) is 3.95. The lowest BCUT2D eigenvalue weighted by molar-refractivity contribution is 1.54. The van der Waals surface area contributed by atoms with Gasteiger partial charge in [-0.3, -0.25) is 0 Å². The third kappa shape index (κ3) is 6.16. The van der Waals surface area contributed by atoms with E-state index in [1.54, 1.807) is 0 Å². The van der Waals surface area contributed by atoms with Gasteiger partial charge in [0.1, 0.15) is 47.1 Å². The van der Waals surface area contributed by atoms with E-state index in [-0.39, 0.29) is 0 Å². The lowest BCUT2D eigenvalue weighted by atomic mass is 9.66. The lowest BCUT2D eigenvalue weighted by Crippen LogP contribution is -2.18. The molecule has 0 saturated carbocycles. The average Bonchev–Trinajstić information content (AvgIpc) is 3.09. The Balaban J connectivity index is 2.06. The summed E-state index contributed by atoms with van der Waals surface area (Å²) in [6.07, 6.45) is 8.21. The van der Waals surface area contributed by atoms with E-state index in [0.29, 0.717) is 0 Å². The SMILES string of the molecule is B/C(=C\C=C/C=C)c1c(-c2ccccc2B)c(-c2ccccc2B)c(-c2ccccc2B)c(-c2ccccc2B)c1-c1ccccc1B. The molecule has 0 saturated heterocycles. The fraction of sp³-hybridized carbons (Fsp3) is 0. The minimum absolute atomic E-state index is 1.20. The van der Waals surface area contributed by atoms with Gasteiger partial charge in [0.15, 0.2) is 0 Å². The second kappa shape index (κ2) is 14.4. The Morgan fingerprint density at radius 2 is 0.667 bits per heavy atom. The average molecular weight is 608 g/mol. The van der Waals surface area contributed by atoms with Gasteiger partial charge < -0.3 is 0 Å². The Morgan fingerprint density at radius 1 is 0.396 bits per heavy atom. The van der Waals surface area contributed by atoms with E-state index in [1.807, 2.05) is 12.2 Å². The molecule has 6 rings (SSSR count). The maximum atomic E-state index is 3.95. The molecule has 0 bridgehead atoms. The highest BCUT2D eigenvalue weighted by Crippen LogP contribution is 2.52. The number of benzene rings is 6. The molecule has 0 aliphatic rings. The molecule has 6 aromatic rings. The maximum absolute atomic E-state index is 3.95. The van der Waals surface area contributed by atoms with Crippen molar-refractivity contribution < 1.29 is 0 Å². The second-order valence-corrected chi connectivity index (χ2v) is 12.8. The molecule has 224 valence electrons. The predicted molar refractivity (Wildman–Crippen MR) is 230 cm³/mol. The van der Waals surface area contributed by atoms with Crippen LogP contribution < -0.4 is 27.3 Å². The Bertz CT molecular complexity index is 2110. The quantitative estimate of drug-likeness (QED) is 0.184. The highest BCUT2D eigenvalue weighted by Gasteiger charge is 2.30. The van der Waals surface area contributed by atoms with E-state index in [9.17, 15) is 0 Å². The van der Waals surface area contributed by atoms with Crippen molar-refractivity contribution in [1.82, 2.24) is 0 Å². The first-order valence-electron chi connectivity index (χ1n) is 16.8. The molecule has 0 aliphatic heterocycles. The van der Waals surface area contributed by atoms with Crippen molar-refractivity contribution in [3.05, 3.63) is 158 Å². The van der Waals surface area contributed by atoms with Gasteiger partial charge in [0, 0.05) is 0 Å². The van der Waals surface area contributed by atoms with E-state index in [4.69, 9.17) is 0 Å². The molecule has 0 heterocycles. The highest BCUT2D eigenvalue weighted by molar-refractivity contribution is 6.47. The summed E-state index contributed by atoms with van der Waals surface area (Å²) in [6, 6.07) is 44.4. The zero-order chi connectivity index (χ0) is 33.8. The fourth-order valence-electron chi connectivity index (χ4n) is 7.12. The van der Waals surface area contributed by atoms with E-state index in [2.05, 4.69) is 187 Å². The van der Waals surface area contributed by atoms with Gasteiger partial charge in [0.2, 0.25) is 0 Å². The van der Waals surface area contributed by atoms with Crippen molar-refractivity contribution in [3.8, 4) is 55.6 Å². The minimum atomic E-state index is 1.20. The third-order valence-corrected chi connectivity index (χ3v) is 9.56. The first-order chi connectivity index (χ1) is 23.3. The normalized spacial score (nSPS) is 11.5. The van der Waals surface area contributed by atoms with Crippen LogP contribution >= 0.6 is 0 Å². The van der Waals surface area contributed by atoms with Gasteiger partial charge in [-0.2, -0.15) is 0 Å². The van der Waals surface area contributed by atoms with Gasteiger partial charge in [0.05, 0.1) is 0 Å². The zero-order valence-electron chi connectivity index (χ0n) is 29.1. The monoisotopic (exact) mass is 608 g/mol. The number of rotatable bonds is 8. The number of hydrogen-bond donors (Lipinski definition) is 0. The summed E-state index contributed by atoms with van der Waals surface area (Å²) in [5.41, 5.74) is 21.3. The molecule has 6 aromatic carbocycles. The molecular weight excluding hydrogens is 569 g/mol. The van der Waals surface area contributed by atoms with Gasteiger partial charge in [-0.25, -0.2) is 0 Å². The van der Waals surface area contributed by atoms with E-state index < -0.39 is 0 Å². The predicted octanol–water partition coefficient (Wildman–Crippen LogP) is 2.03. The minimum Gasteiger partial charge on any atom is -0.0991 e. The molecule has 6 heteroatoms. The maximum Gasteiger partial charge on any atom is 0.140 e. The topological polar surface area (TPSA) is 0 Å². The molecule has 0 aromatic heterocycles. The molecule has 0 unspecified atom stereocenters. The van der Waals surface area contributed by atoms with Gasteiger partial charge in [0.25, 0.3) is 0 Å². The molecule has 0 aliphatic carbocycles. The Hall–Kier alpha value is -5.07. The molecule has 0 amide bonds. The number of allylic oxidation sites excluding steroid dienone is 4. The third-order valence-electron chi connectivity index (χ3n) is 9.56. The van der Waals surface area contributed by atoms with Crippen LogP contribution in [0, 0.1) is 0 Å². The van der Waals surface area contributed by atoms with Gasteiger partial charge in [-0.1, -0.05) is 185 Å². The molecule has 48 heavy (non-hydrogen) atoms. The van der Waals surface area contributed by atoms with Crippen LogP contribution in [0.1, 0.15) is 5.56 Å². The van der Waals surface area contributed by atoms with Crippen molar-refractivity contribution in [1.29, 1.82) is 0 Å². The molecule has 0 spiro atoms. The van der Waals surface area contributed by atoms with Crippen LogP contribution in [0.5, 0.6) is 0 Å². The lowest BCUT2D eigenvalue weighted by Gasteiger charge is -2.31. The van der Waals surface area contributed by atoms with Crippen molar-refractivity contribution >= 4 is 79.9 Å². The summed E-state index contributed by atoms with van der Waals surface area (Å²) in [4.78, 5) is 0. The van der Waals surface area contributed by atoms with Crippen LogP contribution in [0.2, 0.25) is 0 Å². The molecule has 0 radical (unpaired) electrons. The first-order valence-corrected chi connectivity index (χ1v) is 16.8. The van der Waals surface area contributed by atoms with Crippen LogP contribution in [0.25, 0.3) is 61.1 Å². The van der Waals surface area contributed by atoms with Crippen LogP contribution in [-0.4, -0.2) is 47.1 Å². The van der Waals surface area contributed by atoms with Crippen molar-refractivity contribution in [2.45, 2.75) is 0 Å². The van der Waals surface area contributed by atoms with Crippen LogP contribution in [0.4, 0.5) is 0 Å². The molecular formula is C42H38B6. The van der Waals surface area contributed by atoms with Crippen molar-refractivity contribution in [3.63, 3.8) is 0 Å². The van der Waals surface area contributed by atoms with Crippen molar-refractivity contribution in [2.75, 3.05) is 0 Å². The Labute approximate surface area is 292 Å². The first kappa shape index (κ1) is 32.9. The zero-order valence-corrected chi connectivity index (χ0v) is 29.1. The second-order valence-electron chi connectivity index (χ2n) is 12.8. The van der Waals surface area contributed by atoms with E-state index >= 15 is 0 Å². The molecule has 0 nitrogen and oxygen atoms in total. The number of hydrogen-bond acceptors (Lipinski definition) is 0. The molecule has 0 fully saturated rings. The Kier molecular flexibility index (Phi) is 9.83. The van der Waals surface area contributed by atoms with Gasteiger partial charge in [-0.05, 0) is 61.2 Å². The van der Waals surface area contributed by atoms with E-state index in [1.165, 1.54) is 94.0 Å². The van der Waals surface area contributed by atoms with Crippen LogP contribution in [0.15, 0.2) is 152 Å². The molecule has 0 atom stereocenters. The van der Waals surface area contributed by atoms with Crippen molar-refractivity contribution in [2.24, 2.45) is 0 Å². The summed E-state index contributed by atoms with van der Waals surface area (Å²) in [5, 5.41) is 0. The van der Waals surface area contributed by atoms with Gasteiger partial charge in [-0.15, -0.1) is 0 Å². The summed E-state index contributed by atoms with van der Waals surface area (Å²) < 4.78 is 0. The summed E-state index contributed by atoms with van der Waals surface area (Å²) in [7, 11) is 13.5. The van der Waals surface area contributed by atoms with E-state index in [0.717, 1.165) is 0 Å². The summed E-state index contributed by atoms with van der Waals surface area (Å²) in [5.74, 6) is 0. The van der Waals surface area contributed by atoms with Crippen LogP contribution in [0.3, 0.4) is 0 Å². The summed E-state index contributed by atoms with van der Waals surface area (Å²) >= 11 is 0. The molecule has 0 N–H and O–H groups in total. The largest absolute Gasteiger partial charge is 0.140 e. The highest BCUT2D eigenvalue weighted by atomic mass is 14.3. The smallest absolute Gasteiger partial charge is 0.0991 e.